The largest absolute Gasteiger partial charge is 0.338 e. The molecule has 1 heterocycles. The van der Waals surface area contributed by atoms with Crippen LogP contribution in [0.1, 0.15) is 29.8 Å². The van der Waals surface area contributed by atoms with Gasteiger partial charge in [-0.1, -0.05) is 13.8 Å². The van der Waals surface area contributed by atoms with Crippen LogP contribution >= 0.6 is 10.7 Å². The zero-order valence-electron chi connectivity index (χ0n) is 12.1. The zero-order valence-corrected chi connectivity index (χ0v) is 13.6. The SMILES string of the molecule is Cc1cc(F)c(C(=O)N2CC(C)C(C)C2)cc1S(=O)(=O)Cl. The molecule has 0 spiro atoms. The van der Waals surface area contributed by atoms with Crippen molar-refractivity contribution in [3.05, 3.63) is 29.1 Å². The third kappa shape index (κ3) is 3.21. The van der Waals surface area contributed by atoms with Gasteiger partial charge >= 0.3 is 0 Å². The molecule has 0 radical (unpaired) electrons. The van der Waals surface area contributed by atoms with E-state index in [9.17, 15) is 17.6 Å². The molecule has 0 aliphatic carbocycles. The summed E-state index contributed by atoms with van der Waals surface area (Å²) in [7, 11) is 1.31. The van der Waals surface area contributed by atoms with Crippen LogP contribution in [-0.4, -0.2) is 32.3 Å². The fourth-order valence-electron chi connectivity index (χ4n) is 2.55. The second-order valence-electron chi connectivity index (χ2n) is 5.70. The van der Waals surface area contributed by atoms with Crippen LogP contribution in [0.4, 0.5) is 4.39 Å². The number of carbonyl (C=O) groups excluding carboxylic acids is 1. The molecule has 0 bridgehead atoms. The van der Waals surface area contributed by atoms with Gasteiger partial charge in [0.2, 0.25) is 0 Å². The van der Waals surface area contributed by atoms with Gasteiger partial charge in [0.15, 0.2) is 0 Å². The summed E-state index contributed by atoms with van der Waals surface area (Å²) in [5.41, 5.74) is -0.0664. The molecule has 4 nitrogen and oxygen atoms in total. The molecule has 1 aliphatic heterocycles. The number of rotatable bonds is 2. The summed E-state index contributed by atoms with van der Waals surface area (Å²) in [4.78, 5) is 13.7. The quantitative estimate of drug-likeness (QED) is 0.782. The van der Waals surface area contributed by atoms with Crippen molar-refractivity contribution in [3.8, 4) is 0 Å². The third-order valence-electron chi connectivity index (χ3n) is 4.03. The minimum Gasteiger partial charge on any atom is -0.338 e. The Balaban J connectivity index is 2.43. The highest BCUT2D eigenvalue weighted by Crippen LogP contribution is 2.27. The standard InChI is InChI=1S/C14H17ClFNO3S/c1-8-4-12(16)11(5-13(8)21(15,19)20)14(18)17-6-9(2)10(3)7-17/h4-5,9-10H,6-7H2,1-3H3. The lowest BCUT2D eigenvalue weighted by molar-refractivity contribution is 0.0780. The lowest BCUT2D eigenvalue weighted by atomic mass is 10.0. The van der Waals surface area contributed by atoms with Crippen molar-refractivity contribution in [3.63, 3.8) is 0 Å². The number of hydrogen-bond acceptors (Lipinski definition) is 3. The average Bonchev–Trinajstić information content (AvgIpc) is 2.67. The van der Waals surface area contributed by atoms with Gasteiger partial charge in [0, 0.05) is 23.8 Å². The number of likely N-dealkylation sites (tertiary alicyclic amines) is 1. The highest BCUT2D eigenvalue weighted by molar-refractivity contribution is 8.13. The van der Waals surface area contributed by atoms with Crippen LogP contribution in [-0.2, 0) is 9.05 Å². The number of halogens is 2. The van der Waals surface area contributed by atoms with Crippen molar-refractivity contribution >= 4 is 25.6 Å². The fourth-order valence-corrected chi connectivity index (χ4v) is 3.75. The molecule has 7 heteroatoms. The maximum Gasteiger partial charge on any atom is 0.261 e. The first-order valence-electron chi connectivity index (χ1n) is 6.65. The Labute approximate surface area is 128 Å². The van der Waals surface area contributed by atoms with E-state index in [1.54, 1.807) is 4.90 Å². The molecule has 1 aromatic carbocycles. The van der Waals surface area contributed by atoms with E-state index in [0.29, 0.717) is 24.9 Å². The summed E-state index contributed by atoms with van der Waals surface area (Å²) >= 11 is 0. The zero-order chi connectivity index (χ0) is 15.9. The van der Waals surface area contributed by atoms with E-state index >= 15 is 0 Å². The van der Waals surface area contributed by atoms with Gasteiger partial charge in [-0.2, -0.15) is 0 Å². The number of amides is 1. The molecule has 0 N–H and O–H groups in total. The Bertz CT molecular complexity index is 680. The van der Waals surface area contributed by atoms with E-state index in [1.165, 1.54) is 6.92 Å². The normalized spacial score (nSPS) is 22.6. The van der Waals surface area contributed by atoms with Crippen molar-refractivity contribution < 1.29 is 17.6 Å². The van der Waals surface area contributed by atoms with Crippen LogP contribution in [0.3, 0.4) is 0 Å². The molecule has 1 aliphatic rings. The van der Waals surface area contributed by atoms with E-state index < -0.39 is 20.8 Å². The Hall–Kier alpha value is -1.14. The number of benzene rings is 1. The van der Waals surface area contributed by atoms with E-state index in [2.05, 4.69) is 0 Å². The number of nitrogens with zero attached hydrogens (tertiary/aromatic N) is 1. The van der Waals surface area contributed by atoms with Crippen LogP contribution in [0, 0.1) is 24.6 Å². The van der Waals surface area contributed by atoms with Gasteiger partial charge in [-0.3, -0.25) is 4.79 Å². The van der Waals surface area contributed by atoms with Crippen molar-refractivity contribution in [2.45, 2.75) is 25.7 Å². The molecule has 1 saturated heterocycles. The van der Waals surface area contributed by atoms with Crippen LogP contribution in [0.5, 0.6) is 0 Å². The van der Waals surface area contributed by atoms with E-state index in [0.717, 1.165) is 12.1 Å². The minimum atomic E-state index is -4.02. The molecule has 2 rings (SSSR count). The summed E-state index contributed by atoms with van der Waals surface area (Å²) < 4.78 is 37.0. The van der Waals surface area contributed by atoms with Gasteiger partial charge in [-0.05, 0) is 36.5 Å². The van der Waals surface area contributed by atoms with Gasteiger partial charge < -0.3 is 4.90 Å². The van der Waals surface area contributed by atoms with Crippen molar-refractivity contribution in [1.29, 1.82) is 0 Å². The van der Waals surface area contributed by atoms with E-state index in [-0.39, 0.29) is 16.0 Å². The number of hydrogen-bond donors (Lipinski definition) is 0. The molecule has 0 aromatic heterocycles. The first-order chi connectivity index (χ1) is 9.61. The predicted octanol–water partition coefficient (Wildman–Crippen LogP) is 2.79. The van der Waals surface area contributed by atoms with Gasteiger partial charge in [0.25, 0.3) is 15.0 Å². The topological polar surface area (TPSA) is 54.5 Å². The fraction of sp³-hybridized carbons (Fsp3) is 0.500. The second kappa shape index (κ2) is 5.57. The molecule has 21 heavy (non-hydrogen) atoms. The Morgan fingerprint density at radius 1 is 1.29 bits per heavy atom. The molecular weight excluding hydrogens is 317 g/mol. The summed E-state index contributed by atoms with van der Waals surface area (Å²) in [6.07, 6.45) is 0. The molecule has 116 valence electrons. The predicted molar refractivity (Wildman–Crippen MR) is 78.4 cm³/mol. The average molecular weight is 334 g/mol. The second-order valence-corrected chi connectivity index (χ2v) is 8.23. The first-order valence-corrected chi connectivity index (χ1v) is 8.96. The van der Waals surface area contributed by atoms with Gasteiger partial charge in [0.05, 0.1) is 10.5 Å². The van der Waals surface area contributed by atoms with Crippen molar-refractivity contribution in [2.24, 2.45) is 11.8 Å². The minimum absolute atomic E-state index is 0.183. The van der Waals surface area contributed by atoms with Crippen molar-refractivity contribution in [1.82, 2.24) is 4.90 Å². The number of aryl methyl sites for hydroxylation is 1. The lowest BCUT2D eigenvalue weighted by Gasteiger charge is -2.17. The summed E-state index contributed by atoms with van der Waals surface area (Å²) in [5.74, 6) is -0.559. The lowest BCUT2D eigenvalue weighted by Crippen LogP contribution is -2.29. The molecular formula is C14H17ClFNO3S. The monoisotopic (exact) mass is 333 g/mol. The molecule has 0 saturated carbocycles. The molecule has 1 amide bonds. The highest BCUT2D eigenvalue weighted by atomic mass is 35.7. The van der Waals surface area contributed by atoms with Crippen LogP contribution < -0.4 is 0 Å². The van der Waals surface area contributed by atoms with Crippen LogP contribution in [0.25, 0.3) is 0 Å². The summed E-state index contributed by atoms with van der Waals surface area (Å²) in [5, 5.41) is 0. The first kappa shape index (κ1) is 16.2. The molecule has 1 fully saturated rings. The Morgan fingerprint density at radius 2 is 1.81 bits per heavy atom. The Morgan fingerprint density at radius 3 is 2.29 bits per heavy atom. The smallest absolute Gasteiger partial charge is 0.261 e. The van der Waals surface area contributed by atoms with Gasteiger partial charge in [0.1, 0.15) is 5.82 Å². The van der Waals surface area contributed by atoms with Gasteiger partial charge in [-0.15, -0.1) is 0 Å². The highest BCUT2D eigenvalue weighted by Gasteiger charge is 2.32. The molecule has 2 unspecified atom stereocenters. The summed E-state index contributed by atoms with van der Waals surface area (Å²) in [6.45, 7) is 6.56. The van der Waals surface area contributed by atoms with Crippen LogP contribution in [0.2, 0.25) is 0 Å². The van der Waals surface area contributed by atoms with E-state index in [4.69, 9.17) is 10.7 Å². The van der Waals surface area contributed by atoms with E-state index in [1.807, 2.05) is 13.8 Å². The Kier molecular flexibility index (Phi) is 4.31. The number of carbonyl (C=O) groups is 1. The van der Waals surface area contributed by atoms with Crippen molar-refractivity contribution in [2.75, 3.05) is 13.1 Å². The van der Waals surface area contributed by atoms with Gasteiger partial charge in [-0.25, -0.2) is 12.8 Å². The maximum atomic E-state index is 14.0. The van der Waals surface area contributed by atoms with Crippen LogP contribution in [0.15, 0.2) is 17.0 Å². The summed E-state index contributed by atoms with van der Waals surface area (Å²) in [6, 6.07) is 2.06. The molecule has 2 atom stereocenters. The molecule has 1 aromatic rings. The third-order valence-corrected chi connectivity index (χ3v) is 5.50. The maximum absolute atomic E-state index is 14.0.